The summed E-state index contributed by atoms with van der Waals surface area (Å²) in [5, 5.41) is 5.25. The number of hydrogen-bond acceptors (Lipinski definition) is 2. The molecule has 2 N–H and O–H groups in total. The van der Waals surface area contributed by atoms with Crippen LogP contribution in [0.1, 0.15) is 30.6 Å². The van der Waals surface area contributed by atoms with Crippen LogP contribution in [0.5, 0.6) is 0 Å². The molecule has 0 saturated heterocycles. The molecular formula is C13H16BrFN2O2. The zero-order valence-electron chi connectivity index (χ0n) is 10.8. The van der Waals surface area contributed by atoms with Crippen LogP contribution in [0.25, 0.3) is 0 Å². The highest BCUT2D eigenvalue weighted by Gasteiger charge is 2.17. The summed E-state index contributed by atoms with van der Waals surface area (Å²) in [7, 11) is 0. The van der Waals surface area contributed by atoms with E-state index >= 15 is 0 Å². The van der Waals surface area contributed by atoms with Gasteiger partial charge in [-0.1, -0.05) is 6.92 Å². The van der Waals surface area contributed by atoms with Crippen LogP contribution in [0.2, 0.25) is 0 Å². The van der Waals surface area contributed by atoms with E-state index in [2.05, 4.69) is 26.6 Å². The average molecular weight is 331 g/mol. The van der Waals surface area contributed by atoms with Crippen molar-refractivity contribution < 1.29 is 14.0 Å². The van der Waals surface area contributed by atoms with Gasteiger partial charge in [0, 0.05) is 11.0 Å². The fourth-order valence-electron chi connectivity index (χ4n) is 1.41. The molecular weight excluding hydrogens is 315 g/mol. The van der Waals surface area contributed by atoms with Crippen LogP contribution in [0.15, 0.2) is 22.7 Å². The third-order valence-electron chi connectivity index (χ3n) is 2.47. The number of nitrogens with one attached hydrogen (secondary N) is 2. The number of rotatable bonds is 5. The van der Waals surface area contributed by atoms with Crippen molar-refractivity contribution in [1.82, 2.24) is 10.6 Å². The van der Waals surface area contributed by atoms with Crippen molar-refractivity contribution in [2.45, 2.75) is 26.3 Å². The SMILES string of the molecule is CCCNC(=O)[C@@H](C)NC(=O)c1ccc(F)cc1Br. The summed E-state index contributed by atoms with van der Waals surface area (Å²) in [5.41, 5.74) is 0.288. The van der Waals surface area contributed by atoms with Gasteiger partial charge in [-0.2, -0.15) is 0 Å². The van der Waals surface area contributed by atoms with Gasteiger partial charge in [0.2, 0.25) is 5.91 Å². The standard InChI is InChI=1S/C13H16BrFN2O2/c1-3-6-16-12(18)8(2)17-13(19)10-5-4-9(15)7-11(10)14/h4-5,7-8H,3,6H2,1-2H3,(H,16,18)(H,17,19)/t8-/m1/s1. The van der Waals surface area contributed by atoms with E-state index in [4.69, 9.17) is 0 Å². The summed E-state index contributed by atoms with van der Waals surface area (Å²) in [6, 6.07) is 3.12. The van der Waals surface area contributed by atoms with Gasteiger partial charge in [-0.25, -0.2) is 4.39 Å². The lowest BCUT2D eigenvalue weighted by Gasteiger charge is -2.14. The van der Waals surface area contributed by atoms with Crippen LogP contribution in [-0.2, 0) is 4.79 Å². The fourth-order valence-corrected chi connectivity index (χ4v) is 1.95. The second kappa shape index (κ2) is 7.23. The summed E-state index contributed by atoms with van der Waals surface area (Å²) in [4.78, 5) is 23.5. The molecule has 0 spiro atoms. The van der Waals surface area contributed by atoms with Crippen molar-refractivity contribution in [2.75, 3.05) is 6.54 Å². The third-order valence-corrected chi connectivity index (χ3v) is 3.12. The number of halogens is 2. The van der Waals surface area contributed by atoms with E-state index < -0.39 is 17.8 Å². The maximum absolute atomic E-state index is 12.9. The first-order chi connectivity index (χ1) is 8.95. The summed E-state index contributed by atoms with van der Waals surface area (Å²) in [6.07, 6.45) is 0.829. The van der Waals surface area contributed by atoms with E-state index in [0.29, 0.717) is 11.0 Å². The number of hydrogen-bond donors (Lipinski definition) is 2. The summed E-state index contributed by atoms with van der Waals surface area (Å²) < 4.78 is 13.3. The molecule has 0 heterocycles. The third kappa shape index (κ3) is 4.63. The van der Waals surface area contributed by atoms with Gasteiger partial charge in [-0.15, -0.1) is 0 Å². The van der Waals surface area contributed by atoms with Crippen molar-refractivity contribution in [1.29, 1.82) is 0 Å². The normalized spacial score (nSPS) is 11.8. The lowest BCUT2D eigenvalue weighted by atomic mass is 10.2. The van der Waals surface area contributed by atoms with Gasteiger partial charge in [0.1, 0.15) is 11.9 Å². The van der Waals surface area contributed by atoms with Gasteiger partial charge in [-0.3, -0.25) is 9.59 Å². The molecule has 1 aromatic rings. The first-order valence-corrected chi connectivity index (χ1v) is 6.78. The summed E-state index contributed by atoms with van der Waals surface area (Å²) in [6.45, 7) is 4.11. The highest BCUT2D eigenvalue weighted by Crippen LogP contribution is 2.17. The van der Waals surface area contributed by atoms with Gasteiger partial charge < -0.3 is 10.6 Å². The zero-order valence-corrected chi connectivity index (χ0v) is 12.4. The monoisotopic (exact) mass is 330 g/mol. The van der Waals surface area contributed by atoms with Crippen molar-refractivity contribution in [3.05, 3.63) is 34.1 Å². The Hall–Kier alpha value is -1.43. The van der Waals surface area contributed by atoms with Gasteiger partial charge in [0.15, 0.2) is 0 Å². The molecule has 0 aliphatic rings. The number of benzene rings is 1. The Kier molecular flexibility index (Phi) is 5.95. The number of carbonyl (C=O) groups is 2. The lowest BCUT2D eigenvalue weighted by molar-refractivity contribution is -0.122. The molecule has 4 nitrogen and oxygen atoms in total. The minimum atomic E-state index is -0.643. The summed E-state index contributed by atoms with van der Waals surface area (Å²) in [5.74, 6) is -1.10. The minimum Gasteiger partial charge on any atom is -0.354 e. The topological polar surface area (TPSA) is 58.2 Å². The van der Waals surface area contributed by atoms with Gasteiger partial charge in [-0.05, 0) is 47.5 Å². The van der Waals surface area contributed by atoms with E-state index in [0.717, 1.165) is 6.42 Å². The molecule has 0 aromatic heterocycles. The second-order valence-corrected chi connectivity index (χ2v) is 4.96. The zero-order chi connectivity index (χ0) is 14.4. The van der Waals surface area contributed by atoms with Crippen molar-refractivity contribution in [2.24, 2.45) is 0 Å². The molecule has 0 bridgehead atoms. The molecule has 0 unspecified atom stereocenters. The first kappa shape index (κ1) is 15.6. The maximum atomic E-state index is 12.9. The van der Waals surface area contributed by atoms with Gasteiger partial charge in [0.25, 0.3) is 5.91 Å². The van der Waals surface area contributed by atoms with Gasteiger partial charge in [0.05, 0.1) is 5.56 Å². The predicted molar refractivity (Wildman–Crippen MR) is 74.3 cm³/mol. The summed E-state index contributed by atoms with van der Waals surface area (Å²) >= 11 is 3.12. The molecule has 19 heavy (non-hydrogen) atoms. The first-order valence-electron chi connectivity index (χ1n) is 5.99. The highest BCUT2D eigenvalue weighted by molar-refractivity contribution is 9.10. The van der Waals surface area contributed by atoms with E-state index in [1.165, 1.54) is 18.2 Å². The van der Waals surface area contributed by atoms with Crippen LogP contribution in [0.3, 0.4) is 0 Å². The molecule has 1 atom stereocenters. The fraction of sp³-hybridized carbons (Fsp3) is 0.385. The van der Waals surface area contributed by atoms with E-state index in [1.54, 1.807) is 6.92 Å². The Balaban J connectivity index is 2.66. The maximum Gasteiger partial charge on any atom is 0.253 e. The van der Waals surface area contributed by atoms with Crippen molar-refractivity contribution in [3.8, 4) is 0 Å². The molecule has 1 aromatic carbocycles. The molecule has 0 fully saturated rings. The average Bonchev–Trinajstić information content (AvgIpc) is 2.35. The molecule has 104 valence electrons. The molecule has 2 amide bonds. The number of carbonyl (C=O) groups excluding carboxylic acids is 2. The molecule has 0 aliphatic carbocycles. The Bertz CT molecular complexity index is 480. The predicted octanol–water partition coefficient (Wildman–Crippen LogP) is 2.23. The van der Waals surface area contributed by atoms with Crippen LogP contribution < -0.4 is 10.6 Å². The largest absolute Gasteiger partial charge is 0.354 e. The Morgan fingerprint density at radius 2 is 2.11 bits per heavy atom. The van der Waals surface area contributed by atoms with Crippen molar-refractivity contribution >= 4 is 27.7 Å². The van der Waals surface area contributed by atoms with E-state index in [1.807, 2.05) is 6.92 Å². The second-order valence-electron chi connectivity index (χ2n) is 4.11. The smallest absolute Gasteiger partial charge is 0.253 e. The minimum absolute atomic E-state index is 0.242. The van der Waals surface area contributed by atoms with Crippen LogP contribution >= 0.6 is 15.9 Å². The van der Waals surface area contributed by atoms with Gasteiger partial charge >= 0.3 is 0 Å². The Morgan fingerprint density at radius 3 is 2.68 bits per heavy atom. The van der Waals surface area contributed by atoms with Crippen molar-refractivity contribution in [3.63, 3.8) is 0 Å². The quantitative estimate of drug-likeness (QED) is 0.869. The molecule has 0 saturated carbocycles. The van der Waals surface area contributed by atoms with Crippen LogP contribution in [0, 0.1) is 5.82 Å². The molecule has 6 heteroatoms. The van der Waals surface area contributed by atoms with E-state index in [9.17, 15) is 14.0 Å². The van der Waals surface area contributed by atoms with Crippen LogP contribution in [0.4, 0.5) is 4.39 Å². The Morgan fingerprint density at radius 1 is 1.42 bits per heavy atom. The van der Waals surface area contributed by atoms with E-state index in [-0.39, 0.29) is 11.5 Å². The molecule has 0 aliphatic heterocycles. The Labute approximate surface area is 119 Å². The highest BCUT2D eigenvalue weighted by atomic mass is 79.9. The molecule has 0 radical (unpaired) electrons. The molecule has 1 rings (SSSR count). The lowest BCUT2D eigenvalue weighted by Crippen LogP contribution is -2.45. The number of amides is 2. The van der Waals surface area contributed by atoms with Crippen LogP contribution in [-0.4, -0.2) is 24.4 Å².